The van der Waals surface area contributed by atoms with Crippen LogP contribution in [-0.4, -0.2) is 25.2 Å². The third-order valence-electron chi connectivity index (χ3n) is 2.72. The molecule has 1 heterocycles. The highest BCUT2D eigenvalue weighted by atomic mass is 32.2. The molecule has 0 aliphatic heterocycles. The quantitative estimate of drug-likeness (QED) is 0.830. The van der Waals surface area contributed by atoms with Crippen molar-refractivity contribution in [2.45, 2.75) is 26.0 Å². The molecule has 0 bridgehead atoms. The maximum absolute atomic E-state index is 11.7. The zero-order chi connectivity index (χ0) is 11.8. The first kappa shape index (κ1) is 12.2. The standard InChI is InChI=1S/C9H17N3O2S/c1-6-9(7(2)12(5)11-6)8(3)15(13,14)10-4/h8,10H,1-5H3. The molecule has 1 rings (SSSR count). The van der Waals surface area contributed by atoms with Gasteiger partial charge < -0.3 is 0 Å². The molecule has 0 aromatic carbocycles. The van der Waals surface area contributed by atoms with Crippen molar-refractivity contribution in [1.82, 2.24) is 14.5 Å². The number of nitrogens with one attached hydrogen (secondary N) is 1. The fourth-order valence-corrected chi connectivity index (χ4v) is 2.72. The lowest BCUT2D eigenvalue weighted by molar-refractivity contribution is 0.577. The number of aryl methyl sites for hydroxylation is 2. The average molecular weight is 231 g/mol. The molecule has 15 heavy (non-hydrogen) atoms. The number of aromatic nitrogens is 2. The first-order chi connectivity index (χ1) is 6.81. The van der Waals surface area contributed by atoms with Gasteiger partial charge in [-0.1, -0.05) is 0 Å². The highest BCUT2D eigenvalue weighted by molar-refractivity contribution is 7.89. The number of hydrogen-bond acceptors (Lipinski definition) is 3. The van der Waals surface area contributed by atoms with Crippen LogP contribution in [0.3, 0.4) is 0 Å². The predicted octanol–water partition coefficient (Wildman–Crippen LogP) is 0.647. The van der Waals surface area contributed by atoms with E-state index in [2.05, 4.69) is 9.82 Å². The number of sulfonamides is 1. The van der Waals surface area contributed by atoms with Gasteiger partial charge in [0.25, 0.3) is 0 Å². The van der Waals surface area contributed by atoms with E-state index in [1.165, 1.54) is 7.05 Å². The Balaban J connectivity index is 3.29. The number of nitrogens with zero attached hydrogens (tertiary/aromatic N) is 2. The Morgan fingerprint density at radius 1 is 1.40 bits per heavy atom. The van der Waals surface area contributed by atoms with Gasteiger partial charge in [0.15, 0.2) is 0 Å². The Morgan fingerprint density at radius 2 is 1.93 bits per heavy atom. The molecular weight excluding hydrogens is 214 g/mol. The van der Waals surface area contributed by atoms with Crippen molar-refractivity contribution in [3.8, 4) is 0 Å². The molecule has 0 fully saturated rings. The van der Waals surface area contributed by atoms with Gasteiger partial charge in [-0.25, -0.2) is 13.1 Å². The van der Waals surface area contributed by atoms with Gasteiger partial charge in [0.2, 0.25) is 10.0 Å². The summed E-state index contributed by atoms with van der Waals surface area (Å²) in [6.45, 7) is 5.36. The molecule has 0 amide bonds. The zero-order valence-electron chi connectivity index (χ0n) is 9.70. The minimum absolute atomic E-state index is 0.573. The highest BCUT2D eigenvalue weighted by Gasteiger charge is 2.26. The van der Waals surface area contributed by atoms with E-state index in [1.54, 1.807) is 11.6 Å². The number of rotatable bonds is 3. The largest absolute Gasteiger partial charge is 0.272 e. The van der Waals surface area contributed by atoms with E-state index in [1.807, 2.05) is 20.9 Å². The molecule has 0 radical (unpaired) electrons. The van der Waals surface area contributed by atoms with Crippen LogP contribution in [0, 0.1) is 13.8 Å². The third kappa shape index (κ3) is 2.05. The maximum Gasteiger partial charge on any atom is 0.218 e. The first-order valence-electron chi connectivity index (χ1n) is 4.73. The topological polar surface area (TPSA) is 64.0 Å². The summed E-state index contributed by atoms with van der Waals surface area (Å²) < 4.78 is 27.4. The average Bonchev–Trinajstić information content (AvgIpc) is 2.40. The molecular formula is C9H17N3O2S. The van der Waals surface area contributed by atoms with Crippen LogP contribution < -0.4 is 4.72 Å². The third-order valence-corrected chi connectivity index (χ3v) is 4.46. The van der Waals surface area contributed by atoms with Crippen molar-refractivity contribution in [2.75, 3.05) is 7.05 Å². The van der Waals surface area contributed by atoms with Gasteiger partial charge in [-0.15, -0.1) is 0 Å². The van der Waals surface area contributed by atoms with E-state index in [-0.39, 0.29) is 0 Å². The van der Waals surface area contributed by atoms with Crippen molar-refractivity contribution in [2.24, 2.45) is 7.05 Å². The van der Waals surface area contributed by atoms with Gasteiger partial charge in [-0.3, -0.25) is 4.68 Å². The molecule has 0 saturated heterocycles. The summed E-state index contributed by atoms with van der Waals surface area (Å²) in [4.78, 5) is 0. The van der Waals surface area contributed by atoms with Gasteiger partial charge in [0, 0.05) is 18.3 Å². The molecule has 0 saturated carbocycles. The van der Waals surface area contributed by atoms with E-state index < -0.39 is 15.3 Å². The normalized spacial score (nSPS) is 14.2. The van der Waals surface area contributed by atoms with Crippen molar-refractivity contribution in [1.29, 1.82) is 0 Å². The van der Waals surface area contributed by atoms with Crippen LogP contribution in [0.15, 0.2) is 0 Å². The lowest BCUT2D eigenvalue weighted by Gasteiger charge is -2.12. The van der Waals surface area contributed by atoms with Gasteiger partial charge in [0.05, 0.1) is 5.69 Å². The molecule has 0 aliphatic carbocycles. The Bertz CT molecular complexity index is 462. The number of hydrogen-bond donors (Lipinski definition) is 1. The van der Waals surface area contributed by atoms with E-state index in [0.29, 0.717) is 0 Å². The molecule has 5 nitrogen and oxygen atoms in total. The Labute approximate surface area is 90.5 Å². The Morgan fingerprint density at radius 3 is 2.27 bits per heavy atom. The summed E-state index contributed by atoms with van der Waals surface area (Å²) in [5.74, 6) is 0. The molecule has 6 heteroatoms. The summed E-state index contributed by atoms with van der Waals surface area (Å²) in [5.41, 5.74) is 2.44. The molecule has 1 N–H and O–H groups in total. The van der Waals surface area contributed by atoms with Crippen LogP contribution in [0.4, 0.5) is 0 Å². The second-order valence-corrected chi connectivity index (χ2v) is 5.80. The van der Waals surface area contributed by atoms with Crippen LogP contribution in [0.25, 0.3) is 0 Å². The molecule has 1 atom stereocenters. The molecule has 0 spiro atoms. The smallest absolute Gasteiger partial charge is 0.218 e. The SMILES string of the molecule is CNS(=O)(=O)C(C)c1c(C)nn(C)c1C. The monoisotopic (exact) mass is 231 g/mol. The molecule has 0 aliphatic rings. The Kier molecular flexibility index (Phi) is 3.20. The van der Waals surface area contributed by atoms with E-state index in [0.717, 1.165) is 17.0 Å². The van der Waals surface area contributed by atoms with E-state index in [4.69, 9.17) is 0 Å². The van der Waals surface area contributed by atoms with Gasteiger partial charge >= 0.3 is 0 Å². The fourth-order valence-electron chi connectivity index (χ4n) is 1.71. The second kappa shape index (κ2) is 3.94. The van der Waals surface area contributed by atoms with Gasteiger partial charge in [-0.05, 0) is 27.8 Å². The summed E-state index contributed by atoms with van der Waals surface area (Å²) in [6.07, 6.45) is 0. The second-order valence-electron chi connectivity index (χ2n) is 3.60. The molecule has 1 aromatic heterocycles. The molecule has 1 aromatic rings. The molecule has 1 unspecified atom stereocenters. The van der Waals surface area contributed by atoms with Crippen LogP contribution >= 0.6 is 0 Å². The summed E-state index contributed by atoms with van der Waals surface area (Å²) in [5, 5.41) is 3.63. The zero-order valence-corrected chi connectivity index (χ0v) is 10.5. The minimum atomic E-state index is -3.29. The lowest BCUT2D eigenvalue weighted by Crippen LogP contribution is -2.24. The Hall–Kier alpha value is -0.880. The first-order valence-corrected chi connectivity index (χ1v) is 6.28. The van der Waals surface area contributed by atoms with E-state index in [9.17, 15) is 8.42 Å². The van der Waals surface area contributed by atoms with Crippen LogP contribution in [-0.2, 0) is 17.1 Å². The summed E-state index contributed by atoms with van der Waals surface area (Å²) in [6, 6.07) is 0. The fraction of sp³-hybridized carbons (Fsp3) is 0.667. The van der Waals surface area contributed by atoms with Crippen molar-refractivity contribution < 1.29 is 8.42 Å². The minimum Gasteiger partial charge on any atom is -0.272 e. The maximum atomic E-state index is 11.7. The molecule has 86 valence electrons. The summed E-state index contributed by atoms with van der Waals surface area (Å²) >= 11 is 0. The summed E-state index contributed by atoms with van der Waals surface area (Å²) in [7, 11) is -0.0527. The van der Waals surface area contributed by atoms with Gasteiger partial charge in [-0.2, -0.15) is 5.10 Å². The van der Waals surface area contributed by atoms with Crippen LogP contribution in [0.1, 0.15) is 29.1 Å². The van der Waals surface area contributed by atoms with Crippen LogP contribution in [0.2, 0.25) is 0 Å². The van der Waals surface area contributed by atoms with Crippen molar-refractivity contribution >= 4 is 10.0 Å². The highest BCUT2D eigenvalue weighted by Crippen LogP contribution is 2.26. The van der Waals surface area contributed by atoms with Crippen molar-refractivity contribution in [3.05, 3.63) is 17.0 Å². The van der Waals surface area contributed by atoms with Gasteiger partial charge in [0.1, 0.15) is 5.25 Å². The lowest BCUT2D eigenvalue weighted by atomic mass is 10.1. The van der Waals surface area contributed by atoms with Crippen LogP contribution in [0.5, 0.6) is 0 Å². The van der Waals surface area contributed by atoms with Crippen molar-refractivity contribution in [3.63, 3.8) is 0 Å². The predicted molar refractivity (Wildman–Crippen MR) is 59.1 cm³/mol. The van der Waals surface area contributed by atoms with E-state index >= 15 is 0 Å².